The van der Waals surface area contributed by atoms with Crippen molar-refractivity contribution in [1.29, 1.82) is 0 Å². The van der Waals surface area contributed by atoms with Gasteiger partial charge in [0.1, 0.15) is 19.6 Å². The summed E-state index contributed by atoms with van der Waals surface area (Å²) >= 11 is 0. The molecule has 1 aromatic carbocycles. The Morgan fingerprint density at radius 3 is 2.53 bits per heavy atom. The summed E-state index contributed by atoms with van der Waals surface area (Å²) in [6.07, 6.45) is 0. The second-order valence-corrected chi connectivity index (χ2v) is 4.76. The molecule has 0 radical (unpaired) electrons. The molecule has 1 fully saturated rings. The van der Waals surface area contributed by atoms with Gasteiger partial charge >= 0.3 is 0 Å². The van der Waals surface area contributed by atoms with Gasteiger partial charge in [0.05, 0.1) is 20.3 Å². The van der Waals surface area contributed by atoms with E-state index < -0.39 is 0 Å². The molecule has 1 aliphatic rings. The van der Waals surface area contributed by atoms with Gasteiger partial charge in [-0.1, -0.05) is 24.3 Å². The van der Waals surface area contributed by atoms with Crippen molar-refractivity contribution >= 4 is 0 Å². The Bertz CT molecular complexity index is 329. The van der Waals surface area contributed by atoms with E-state index in [2.05, 4.69) is 38.2 Å². The van der Waals surface area contributed by atoms with Gasteiger partial charge in [-0.15, -0.1) is 0 Å². The van der Waals surface area contributed by atoms with Crippen molar-refractivity contribution in [3.8, 4) is 0 Å². The van der Waals surface area contributed by atoms with E-state index >= 15 is 0 Å². The topological polar surface area (TPSA) is 9.23 Å². The van der Waals surface area contributed by atoms with E-state index in [0.29, 0.717) is 0 Å². The molecule has 0 saturated carbocycles. The summed E-state index contributed by atoms with van der Waals surface area (Å²) < 4.78 is 6.53. The van der Waals surface area contributed by atoms with E-state index in [1.54, 1.807) is 0 Å². The van der Waals surface area contributed by atoms with Crippen LogP contribution >= 0.6 is 0 Å². The zero-order valence-electron chi connectivity index (χ0n) is 9.70. The van der Waals surface area contributed by atoms with Gasteiger partial charge in [0.25, 0.3) is 0 Å². The number of benzene rings is 1. The number of hydrogen-bond acceptors (Lipinski definition) is 1. The van der Waals surface area contributed by atoms with Gasteiger partial charge < -0.3 is 9.22 Å². The molecule has 0 unspecified atom stereocenters. The first-order valence-electron chi connectivity index (χ1n) is 5.65. The van der Waals surface area contributed by atoms with Crippen LogP contribution in [0.15, 0.2) is 24.3 Å². The molecule has 2 nitrogen and oxygen atoms in total. The molecule has 0 spiro atoms. The lowest BCUT2D eigenvalue weighted by molar-refractivity contribution is -0.929. The maximum atomic E-state index is 5.42. The van der Waals surface area contributed by atoms with Gasteiger partial charge in [0, 0.05) is 5.56 Å². The van der Waals surface area contributed by atoms with Gasteiger partial charge in [0.15, 0.2) is 0 Å². The highest BCUT2D eigenvalue weighted by Gasteiger charge is 2.25. The van der Waals surface area contributed by atoms with Gasteiger partial charge in [-0.2, -0.15) is 0 Å². The molecule has 1 saturated heterocycles. The molecule has 0 atom stereocenters. The maximum Gasteiger partial charge on any atom is 0.105 e. The fraction of sp³-hybridized carbons (Fsp3) is 0.538. The van der Waals surface area contributed by atoms with Gasteiger partial charge in [-0.3, -0.25) is 0 Å². The Balaban J connectivity index is 2.10. The first-order chi connectivity index (χ1) is 7.20. The van der Waals surface area contributed by atoms with Crippen molar-refractivity contribution in [2.24, 2.45) is 0 Å². The minimum absolute atomic E-state index is 0.905. The Labute approximate surface area is 92.1 Å². The van der Waals surface area contributed by atoms with E-state index in [9.17, 15) is 0 Å². The van der Waals surface area contributed by atoms with Gasteiger partial charge in [0.2, 0.25) is 0 Å². The summed E-state index contributed by atoms with van der Waals surface area (Å²) in [4.78, 5) is 0. The third kappa shape index (κ3) is 2.58. The predicted octanol–water partition coefficient (Wildman–Crippen LogP) is 1.97. The minimum Gasteiger partial charge on any atom is -0.370 e. The van der Waals surface area contributed by atoms with Crippen LogP contribution in [-0.4, -0.2) is 37.8 Å². The van der Waals surface area contributed by atoms with E-state index in [4.69, 9.17) is 4.74 Å². The summed E-state index contributed by atoms with van der Waals surface area (Å²) in [6, 6.07) is 8.68. The van der Waals surface area contributed by atoms with Crippen LogP contribution in [0.2, 0.25) is 0 Å². The average molecular weight is 206 g/mol. The third-order valence-corrected chi connectivity index (χ3v) is 3.36. The smallest absolute Gasteiger partial charge is 0.105 e. The molecule has 0 bridgehead atoms. The van der Waals surface area contributed by atoms with Crippen LogP contribution in [-0.2, 0) is 11.3 Å². The number of rotatable bonds is 2. The zero-order chi connectivity index (χ0) is 10.7. The third-order valence-electron chi connectivity index (χ3n) is 3.36. The lowest BCUT2D eigenvalue weighted by Crippen LogP contribution is -2.51. The molecule has 0 amide bonds. The molecule has 0 N–H and O–H groups in total. The summed E-state index contributed by atoms with van der Waals surface area (Å²) in [7, 11) is 2.33. The fourth-order valence-electron chi connectivity index (χ4n) is 2.14. The Hall–Kier alpha value is -0.860. The van der Waals surface area contributed by atoms with Crippen molar-refractivity contribution in [1.82, 2.24) is 0 Å². The maximum absolute atomic E-state index is 5.42. The number of aryl methyl sites for hydroxylation is 1. The SMILES string of the molecule is Cc1ccccc1C[N+]1(C)CCOCC1. The second kappa shape index (κ2) is 4.33. The highest BCUT2D eigenvalue weighted by molar-refractivity contribution is 5.24. The monoisotopic (exact) mass is 206 g/mol. The first kappa shape index (κ1) is 10.7. The molecule has 1 aromatic rings. The number of hydrogen-bond donors (Lipinski definition) is 0. The Morgan fingerprint density at radius 1 is 1.20 bits per heavy atom. The lowest BCUT2D eigenvalue weighted by atomic mass is 10.1. The number of nitrogens with zero attached hydrogens (tertiary/aromatic N) is 1. The molecule has 15 heavy (non-hydrogen) atoms. The molecule has 0 aromatic heterocycles. The number of ether oxygens (including phenoxy) is 1. The van der Waals surface area contributed by atoms with Crippen LogP contribution in [0.1, 0.15) is 11.1 Å². The van der Waals surface area contributed by atoms with Crippen LogP contribution in [0.5, 0.6) is 0 Å². The van der Waals surface area contributed by atoms with Crippen molar-refractivity contribution < 1.29 is 9.22 Å². The van der Waals surface area contributed by atoms with Crippen molar-refractivity contribution in [3.63, 3.8) is 0 Å². The van der Waals surface area contributed by atoms with Crippen LogP contribution in [0.25, 0.3) is 0 Å². The summed E-state index contributed by atoms with van der Waals surface area (Å²) in [5.74, 6) is 0. The summed E-state index contributed by atoms with van der Waals surface area (Å²) in [6.45, 7) is 7.41. The van der Waals surface area contributed by atoms with E-state index in [0.717, 1.165) is 37.3 Å². The molecule has 1 heterocycles. The van der Waals surface area contributed by atoms with E-state index in [1.165, 1.54) is 11.1 Å². The molecular weight excluding hydrogens is 186 g/mol. The number of likely N-dealkylation sites (N-methyl/N-ethyl adjacent to an activating group) is 1. The van der Waals surface area contributed by atoms with E-state index in [-0.39, 0.29) is 0 Å². The minimum atomic E-state index is 0.905. The lowest BCUT2D eigenvalue weighted by Gasteiger charge is -2.37. The van der Waals surface area contributed by atoms with Gasteiger partial charge in [-0.25, -0.2) is 0 Å². The highest BCUT2D eigenvalue weighted by atomic mass is 16.5. The second-order valence-electron chi connectivity index (χ2n) is 4.76. The Kier molecular flexibility index (Phi) is 3.08. The van der Waals surface area contributed by atoms with Crippen molar-refractivity contribution in [2.75, 3.05) is 33.4 Å². The van der Waals surface area contributed by atoms with Gasteiger partial charge in [-0.05, 0) is 12.5 Å². The average Bonchev–Trinajstić information content (AvgIpc) is 2.22. The van der Waals surface area contributed by atoms with E-state index in [1.807, 2.05) is 0 Å². The highest BCUT2D eigenvalue weighted by Crippen LogP contribution is 2.17. The number of quaternary nitrogens is 1. The number of morpholine rings is 1. The fourth-order valence-corrected chi connectivity index (χ4v) is 2.14. The first-order valence-corrected chi connectivity index (χ1v) is 5.65. The van der Waals surface area contributed by atoms with Crippen LogP contribution in [0.3, 0.4) is 0 Å². The normalized spacial score (nSPS) is 20.1. The zero-order valence-corrected chi connectivity index (χ0v) is 9.70. The molecular formula is C13H20NO+. The summed E-state index contributed by atoms with van der Waals surface area (Å²) in [5, 5.41) is 0. The quantitative estimate of drug-likeness (QED) is 0.672. The molecule has 2 rings (SSSR count). The Morgan fingerprint density at radius 2 is 1.87 bits per heavy atom. The van der Waals surface area contributed by atoms with Crippen LogP contribution in [0.4, 0.5) is 0 Å². The standard InChI is InChI=1S/C13H20NO/c1-12-5-3-4-6-13(12)11-14(2)7-9-15-10-8-14/h3-6H,7-11H2,1-2H3/q+1. The predicted molar refractivity (Wildman–Crippen MR) is 61.6 cm³/mol. The van der Waals surface area contributed by atoms with Crippen molar-refractivity contribution in [3.05, 3.63) is 35.4 Å². The van der Waals surface area contributed by atoms with Crippen LogP contribution < -0.4 is 0 Å². The van der Waals surface area contributed by atoms with Crippen LogP contribution in [0, 0.1) is 6.92 Å². The van der Waals surface area contributed by atoms with Crippen molar-refractivity contribution in [2.45, 2.75) is 13.5 Å². The summed E-state index contributed by atoms with van der Waals surface area (Å²) in [5.41, 5.74) is 2.88. The largest absolute Gasteiger partial charge is 0.370 e. The molecule has 1 aliphatic heterocycles. The molecule has 82 valence electrons. The molecule has 0 aliphatic carbocycles. The molecule has 2 heteroatoms.